The Morgan fingerprint density at radius 1 is 1.58 bits per heavy atom. The van der Waals surface area contributed by atoms with Crippen molar-refractivity contribution in [2.75, 3.05) is 6.61 Å². The Hall–Kier alpha value is -2.06. The first-order chi connectivity index (χ1) is 8.99. The normalized spacial score (nSPS) is 26.5. The van der Waals surface area contributed by atoms with Crippen LogP contribution in [0.1, 0.15) is 11.8 Å². The van der Waals surface area contributed by atoms with Crippen molar-refractivity contribution in [3.05, 3.63) is 38.1 Å². The summed E-state index contributed by atoms with van der Waals surface area (Å²) in [6, 6.07) is 0. The fourth-order valence-electron chi connectivity index (χ4n) is 1.87. The molecule has 0 unspecified atom stereocenters. The van der Waals surface area contributed by atoms with Crippen LogP contribution in [0.2, 0.25) is 0 Å². The fourth-order valence-corrected chi connectivity index (χ4v) is 1.87. The van der Waals surface area contributed by atoms with E-state index < -0.39 is 36.3 Å². The molecule has 1 aromatic heterocycles. The third kappa shape index (κ3) is 2.15. The molecule has 0 saturated carbocycles. The molecule has 2 rings (SSSR count). The summed E-state index contributed by atoms with van der Waals surface area (Å²) in [5.41, 5.74) is 7.60. The lowest BCUT2D eigenvalue weighted by Gasteiger charge is -2.11. The molecule has 9 heteroatoms. The summed E-state index contributed by atoms with van der Waals surface area (Å²) in [7, 11) is 0. The molecule has 0 aromatic carbocycles. The lowest BCUT2D eigenvalue weighted by molar-refractivity contribution is -0.0486. The molecule has 1 fully saturated rings. The average Bonchev–Trinajstić information content (AvgIpc) is 2.70. The number of nitrogens with one attached hydrogen (secondary N) is 1. The van der Waals surface area contributed by atoms with E-state index in [0.29, 0.717) is 0 Å². The topological polar surface area (TPSA) is 141 Å². The van der Waals surface area contributed by atoms with Gasteiger partial charge in [-0.05, 0) is 6.92 Å². The fraction of sp³-hybridized carbons (Fsp3) is 0.500. The van der Waals surface area contributed by atoms with Crippen LogP contribution < -0.4 is 11.2 Å². The smallest absolute Gasteiger partial charge is 0.349 e. The zero-order valence-corrected chi connectivity index (χ0v) is 9.98. The summed E-state index contributed by atoms with van der Waals surface area (Å²) in [4.78, 5) is 27.9. The summed E-state index contributed by atoms with van der Waals surface area (Å²) in [6.45, 7) is 0.979. The predicted octanol–water partition coefficient (Wildman–Crippen LogP) is -2.23. The second kappa shape index (κ2) is 4.90. The Labute approximate surface area is 106 Å². The SMILES string of the molecule is Cc1cn([C@@H]2O[C@H](CO)[C@@H](O)C2=[N+]=[N-])c(=O)[nH]c1=O. The molecule has 1 aromatic rings. The largest absolute Gasteiger partial charge is 0.394 e. The van der Waals surface area contributed by atoms with E-state index in [9.17, 15) is 14.7 Å². The number of ether oxygens (including phenoxy) is 1. The predicted molar refractivity (Wildman–Crippen MR) is 61.7 cm³/mol. The number of rotatable bonds is 2. The monoisotopic (exact) mass is 268 g/mol. The Balaban J connectivity index is 2.54. The molecule has 3 N–H and O–H groups in total. The molecular formula is C10H12N4O5. The van der Waals surface area contributed by atoms with Crippen molar-refractivity contribution in [1.29, 1.82) is 0 Å². The van der Waals surface area contributed by atoms with Gasteiger partial charge < -0.3 is 20.5 Å². The number of H-pyrrole nitrogens is 1. The van der Waals surface area contributed by atoms with Crippen molar-refractivity contribution < 1.29 is 19.7 Å². The van der Waals surface area contributed by atoms with E-state index in [1.807, 2.05) is 0 Å². The molecule has 1 aliphatic rings. The van der Waals surface area contributed by atoms with E-state index in [2.05, 4.69) is 9.77 Å². The number of aliphatic hydroxyl groups excluding tert-OH is 2. The van der Waals surface area contributed by atoms with Crippen molar-refractivity contribution in [3.63, 3.8) is 0 Å². The molecule has 3 atom stereocenters. The van der Waals surface area contributed by atoms with E-state index >= 15 is 0 Å². The van der Waals surface area contributed by atoms with E-state index in [4.69, 9.17) is 15.4 Å². The second-order valence-corrected chi connectivity index (χ2v) is 4.16. The summed E-state index contributed by atoms with van der Waals surface area (Å²) in [5, 5.41) is 18.7. The van der Waals surface area contributed by atoms with Gasteiger partial charge in [0.15, 0.2) is 6.10 Å². The molecule has 1 saturated heterocycles. The number of aromatic nitrogens is 2. The van der Waals surface area contributed by atoms with Crippen molar-refractivity contribution in [2.24, 2.45) is 0 Å². The van der Waals surface area contributed by atoms with Gasteiger partial charge in [0, 0.05) is 11.8 Å². The number of aryl methyl sites for hydroxylation is 1. The van der Waals surface area contributed by atoms with Crippen LogP contribution in [0.5, 0.6) is 0 Å². The lowest BCUT2D eigenvalue weighted by Crippen LogP contribution is -2.36. The molecule has 0 bridgehead atoms. The van der Waals surface area contributed by atoms with Gasteiger partial charge in [-0.3, -0.25) is 14.3 Å². The van der Waals surface area contributed by atoms with Crippen LogP contribution in [0, 0.1) is 6.92 Å². The number of hydrogen-bond donors (Lipinski definition) is 3. The first-order valence-electron chi connectivity index (χ1n) is 5.48. The van der Waals surface area contributed by atoms with Gasteiger partial charge in [0.2, 0.25) is 6.23 Å². The number of aromatic amines is 1. The van der Waals surface area contributed by atoms with Crippen LogP contribution >= 0.6 is 0 Å². The Kier molecular flexibility index (Phi) is 3.45. The van der Waals surface area contributed by atoms with Crippen LogP contribution in [0.3, 0.4) is 0 Å². The highest BCUT2D eigenvalue weighted by atomic mass is 16.5. The molecule has 9 nitrogen and oxygen atoms in total. The van der Waals surface area contributed by atoms with Crippen LogP contribution in [0.4, 0.5) is 0 Å². The van der Waals surface area contributed by atoms with Gasteiger partial charge in [-0.1, -0.05) is 0 Å². The third-order valence-electron chi connectivity index (χ3n) is 2.91. The maximum absolute atomic E-state index is 11.7. The summed E-state index contributed by atoms with van der Waals surface area (Å²) >= 11 is 0. The van der Waals surface area contributed by atoms with Gasteiger partial charge in [0.1, 0.15) is 6.10 Å². The first-order valence-corrected chi connectivity index (χ1v) is 5.48. The molecule has 0 amide bonds. The second-order valence-electron chi connectivity index (χ2n) is 4.16. The van der Waals surface area contributed by atoms with E-state index in [0.717, 1.165) is 4.57 Å². The minimum atomic E-state index is -1.33. The Bertz CT molecular complexity index is 657. The Morgan fingerprint density at radius 2 is 2.26 bits per heavy atom. The van der Waals surface area contributed by atoms with Gasteiger partial charge in [0.05, 0.1) is 6.61 Å². The number of hydrogen-bond acceptors (Lipinski definition) is 5. The highest BCUT2D eigenvalue weighted by molar-refractivity contribution is 5.88. The van der Waals surface area contributed by atoms with Crippen LogP contribution in [-0.2, 0) is 4.74 Å². The zero-order chi connectivity index (χ0) is 14.2. The van der Waals surface area contributed by atoms with E-state index in [1.165, 1.54) is 13.1 Å². The molecule has 1 aliphatic heterocycles. The summed E-state index contributed by atoms with van der Waals surface area (Å²) in [6.07, 6.45) is -2.29. The molecule has 102 valence electrons. The van der Waals surface area contributed by atoms with Gasteiger partial charge >= 0.3 is 11.4 Å². The van der Waals surface area contributed by atoms with Crippen molar-refractivity contribution in [2.45, 2.75) is 25.4 Å². The molecule has 0 spiro atoms. The standard InChI is InChI=1S/C10H12N4O5/c1-4-2-14(10(18)12-8(4)17)9-6(13-11)7(16)5(3-15)19-9/h2,5,7,9,15-16H,3H2,1H3,(H,12,17,18)/t5-,7-,9-/m1/s1. The third-order valence-corrected chi connectivity index (χ3v) is 2.91. The number of aliphatic hydroxyl groups is 2. The summed E-state index contributed by atoms with van der Waals surface area (Å²) in [5.74, 6) is 0. The summed E-state index contributed by atoms with van der Waals surface area (Å²) < 4.78 is 6.22. The van der Waals surface area contributed by atoms with E-state index in [1.54, 1.807) is 0 Å². The maximum Gasteiger partial charge on any atom is 0.349 e. The average molecular weight is 268 g/mol. The highest BCUT2D eigenvalue weighted by Gasteiger charge is 2.48. The van der Waals surface area contributed by atoms with Crippen LogP contribution in [0.15, 0.2) is 15.8 Å². The van der Waals surface area contributed by atoms with Gasteiger partial charge in [0.25, 0.3) is 5.56 Å². The minimum absolute atomic E-state index is 0.215. The molecule has 0 aliphatic carbocycles. The van der Waals surface area contributed by atoms with E-state index in [-0.39, 0.29) is 11.3 Å². The first kappa shape index (κ1) is 13.4. The van der Waals surface area contributed by atoms with Gasteiger partial charge in [-0.25, -0.2) is 4.79 Å². The molecular weight excluding hydrogens is 256 g/mol. The number of nitrogens with zero attached hydrogens (tertiary/aromatic N) is 3. The molecule has 2 heterocycles. The molecule has 0 radical (unpaired) electrons. The highest BCUT2D eigenvalue weighted by Crippen LogP contribution is 2.23. The van der Waals surface area contributed by atoms with Crippen molar-refractivity contribution >= 4 is 5.71 Å². The maximum atomic E-state index is 11.7. The minimum Gasteiger partial charge on any atom is -0.394 e. The van der Waals surface area contributed by atoms with Gasteiger partial charge in [-0.2, -0.15) is 4.79 Å². The van der Waals surface area contributed by atoms with Crippen LogP contribution in [-0.4, -0.2) is 49.1 Å². The quantitative estimate of drug-likeness (QED) is 0.411. The Morgan fingerprint density at radius 3 is 2.84 bits per heavy atom. The van der Waals surface area contributed by atoms with Crippen LogP contribution in [0.25, 0.3) is 5.53 Å². The van der Waals surface area contributed by atoms with Crippen molar-refractivity contribution in [3.8, 4) is 0 Å². The lowest BCUT2D eigenvalue weighted by atomic mass is 10.1. The van der Waals surface area contributed by atoms with Crippen molar-refractivity contribution in [1.82, 2.24) is 9.55 Å². The molecule has 19 heavy (non-hydrogen) atoms. The zero-order valence-electron chi connectivity index (χ0n) is 9.98. The van der Waals surface area contributed by atoms with Gasteiger partial charge in [-0.15, -0.1) is 0 Å².